The van der Waals surface area contributed by atoms with Crippen LogP contribution in [0.15, 0.2) is 36.9 Å². The fraction of sp³-hybridized carbons (Fsp3) is 0.316. The number of aliphatic hydroxyl groups is 2. The molecule has 168 valence electrons. The number of hydrogen-bond acceptors (Lipinski definition) is 9. The van der Waals surface area contributed by atoms with Gasteiger partial charge in [0.05, 0.1) is 17.6 Å². The summed E-state index contributed by atoms with van der Waals surface area (Å²) < 4.78 is 22.6. The number of hydrogen-bond donors (Lipinski definition) is 5. The molecular formula is C19H20N5O7P. The highest BCUT2D eigenvalue weighted by molar-refractivity contribution is 7.46. The van der Waals surface area contributed by atoms with Gasteiger partial charge in [-0.25, -0.2) is 19.5 Å². The second-order valence-electron chi connectivity index (χ2n) is 7.36. The van der Waals surface area contributed by atoms with Crippen LogP contribution in [0.2, 0.25) is 0 Å². The average Bonchev–Trinajstić information content (AvgIpc) is 3.21. The van der Waals surface area contributed by atoms with Gasteiger partial charge in [-0.2, -0.15) is 0 Å². The molecule has 4 heterocycles. The normalized spacial score (nSPS) is 25.6. The number of nitrogens with zero attached hydrogens (tertiary/aromatic N) is 4. The Kier molecular flexibility index (Phi) is 5.74. The molecule has 1 fully saturated rings. The molecule has 1 aliphatic heterocycles. The monoisotopic (exact) mass is 461 g/mol. The Morgan fingerprint density at radius 3 is 2.78 bits per heavy atom. The van der Waals surface area contributed by atoms with Gasteiger partial charge in [0.25, 0.3) is 0 Å². The minimum atomic E-state index is -4.80. The number of anilines is 1. The summed E-state index contributed by atoms with van der Waals surface area (Å²) in [5, 5.41) is 21.9. The van der Waals surface area contributed by atoms with Crippen molar-refractivity contribution in [2.75, 3.05) is 12.3 Å². The summed E-state index contributed by atoms with van der Waals surface area (Å²) in [6, 6.07) is 5.29. The molecule has 3 aromatic rings. The molecule has 0 saturated carbocycles. The molecule has 1 saturated heterocycles. The predicted octanol–water partition coefficient (Wildman–Crippen LogP) is -0.0731. The van der Waals surface area contributed by atoms with Crippen LogP contribution in [0.5, 0.6) is 0 Å². The summed E-state index contributed by atoms with van der Waals surface area (Å²) in [5.74, 6) is 6.03. The summed E-state index contributed by atoms with van der Waals surface area (Å²) in [6.07, 6.45) is 0.462. The number of phosphoric acid groups is 1. The lowest BCUT2D eigenvalue weighted by molar-refractivity contribution is -0.0947. The molecule has 0 bridgehead atoms. The maximum atomic E-state index is 11.0. The number of aromatic nitrogens is 4. The first-order valence-electron chi connectivity index (χ1n) is 9.38. The fourth-order valence-corrected chi connectivity index (χ4v) is 3.84. The van der Waals surface area contributed by atoms with Gasteiger partial charge in [0.15, 0.2) is 6.23 Å². The van der Waals surface area contributed by atoms with E-state index in [2.05, 4.69) is 31.3 Å². The Morgan fingerprint density at radius 1 is 1.31 bits per heavy atom. The van der Waals surface area contributed by atoms with Crippen molar-refractivity contribution < 1.29 is 33.8 Å². The maximum Gasteiger partial charge on any atom is 0.469 e. The van der Waals surface area contributed by atoms with Crippen LogP contribution in [0.25, 0.3) is 11.0 Å². The van der Waals surface area contributed by atoms with Gasteiger partial charge in [0.2, 0.25) is 0 Å². The number of phosphoric ester groups is 1. The maximum absolute atomic E-state index is 11.0. The Labute approximate surface area is 181 Å². The van der Waals surface area contributed by atoms with Gasteiger partial charge in [0.1, 0.15) is 41.3 Å². The van der Waals surface area contributed by atoms with Gasteiger partial charge in [-0.3, -0.25) is 4.52 Å². The van der Waals surface area contributed by atoms with E-state index in [1.165, 1.54) is 17.8 Å². The Balaban J connectivity index is 1.75. The van der Waals surface area contributed by atoms with Crippen molar-refractivity contribution in [2.24, 2.45) is 0 Å². The third-order valence-corrected chi connectivity index (χ3v) is 5.53. The molecule has 0 amide bonds. The lowest BCUT2D eigenvalue weighted by atomic mass is 9.96. The average molecular weight is 461 g/mol. The fourth-order valence-electron chi connectivity index (χ4n) is 3.50. The van der Waals surface area contributed by atoms with E-state index in [0.717, 1.165) is 0 Å². The van der Waals surface area contributed by atoms with E-state index in [1.54, 1.807) is 30.6 Å². The number of nitrogens with two attached hydrogens (primary N) is 1. The standard InChI is InChI=1S/C19H20N5O7P/c1-19(26)15(25)13(9-30-32(27,28)29)31-18(19)24-8-11(5-6-12-4-2-3-7-21-12)14-16(20)22-10-23-17(14)24/h2-4,7-8,10,13,15,18,25-26H,9H2,1H3,(H2,20,22,23)(H2,27,28,29). The van der Waals surface area contributed by atoms with Gasteiger partial charge in [-0.15, -0.1) is 0 Å². The van der Waals surface area contributed by atoms with Crippen LogP contribution in [-0.2, 0) is 13.8 Å². The molecular weight excluding hydrogens is 441 g/mol. The van der Waals surface area contributed by atoms with Crippen molar-refractivity contribution in [2.45, 2.75) is 31.0 Å². The van der Waals surface area contributed by atoms with E-state index in [4.69, 9.17) is 20.3 Å². The molecule has 32 heavy (non-hydrogen) atoms. The van der Waals surface area contributed by atoms with E-state index in [-0.39, 0.29) is 11.5 Å². The van der Waals surface area contributed by atoms with Crippen LogP contribution in [0.3, 0.4) is 0 Å². The van der Waals surface area contributed by atoms with Crippen LogP contribution < -0.4 is 5.73 Å². The lowest BCUT2D eigenvalue weighted by Crippen LogP contribution is -2.44. The molecule has 0 aliphatic carbocycles. The second-order valence-corrected chi connectivity index (χ2v) is 8.60. The topological polar surface area (TPSA) is 186 Å². The minimum Gasteiger partial charge on any atom is -0.387 e. The lowest BCUT2D eigenvalue weighted by Gasteiger charge is -2.27. The first-order chi connectivity index (χ1) is 15.1. The summed E-state index contributed by atoms with van der Waals surface area (Å²) in [6.45, 7) is 0.691. The van der Waals surface area contributed by atoms with Crippen LogP contribution in [-0.4, -0.2) is 63.9 Å². The molecule has 12 nitrogen and oxygen atoms in total. The summed E-state index contributed by atoms with van der Waals surface area (Å²) in [5.41, 5.74) is 5.44. The van der Waals surface area contributed by atoms with E-state index < -0.39 is 38.5 Å². The predicted molar refractivity (Wildman–Crippen MR) is 111 cm³/mol. The SMILES string of the molecule is CC1(O)C(O)C(COP(=O)(O)O)OC1n1cc(C#Cc2ccccn2)c2c(N)ncnc21. The molecule has 4 unspecified atom stereocenters. The number of rotatable bonds is 4. The van der Waals surface area contributed by atoms with Gasteiger partial charge in [0, 0.05) is 12.4 Å². The summed E-state index contributed by atoms with van der Waals surface area (Å²) >= 11 is 0. The molecule has 0 spiro atoms. The number of ether oxygens (including phenoxy) is 1. The van der Waals surface area contributed by atoms with E-state index in [0.29, 0.717) is 16.6 Å². The molecule has 3 aromatic heterocycles. The minimum absolute atomic E-state index is 0.152. The van der Waals surface area contributed by atoms with Crippen molar-refractivity contribution in [3.05, 3.63) is 48.2 Å². The van der Waals surface area contributed by atoms with E-state index in [9.17, 15) is 14.8 Å². The molecule has 6 N–H and O–H groups in total. The van der Waals surface area contributed by atoms with Crippen LogP contribution in [0.4, 0.5) is 5.82 Å². The van der Waals surface area contributed by atoms with Crippen LogP contribution in [0, 0.1) is 11.8 Å². The number of nitrogen functional groups attached to an aromatic ring is 1. The van der Waals surface area contributed by atoms with Crippen molar-refractivity contribution in [3.8, 4) is 11.8 Å². The molecule has 4 atom stereocenters. The zero-order valence-electron chi connectivity index (χ0n) is 16.7. The second kappa shape index (κ2) is 8.23. The quantitative estimate of drug-likeness (QED) is 0.258. The molecule has 4 rings (SSSR count). The largest absolute Gasteiger partial charge is 0.469 e. The van der Waals surface area contributed by atoms with Crippen molar-refractivity contribution in [3.63, 3.8) is 0 Å². The van der Waals surface area contributed by atoms with E-state index >= 15 is 0 Å². The Bertz CT molecular complexity index is 1250. The highest BCUT2D eigenvalue weighted by Crippen LogP contribution is 2.43. The highest BCUT2D eigenvalue weighted by atomic mass is 31.2. The van der Waals surface area contributed by atoms with Crippen LogP contribution in [0.1, 0.15) is 24.4 Å². The van der Waals surface area contributed by atoms with Gasteiger partial charge in [-0.1, -0.05) is 12.0 Å². The third kappa shape index (κ3) is 4.23. The van der Waals surface area contributed by atoms with Crippen LogP contribution >= 0.6 is 7.82 Å². The summed E-state index contributed by atoms with van der Waals surface area (Å²) in [7, 11) is -4.80. The first-order valence-corrected chi connectivity index (χ1v) is 10.9. The van der Waals surface area contributed by atoms with Crippen molar-refractivity contribution >= 4 is 24.7 Å². The molecule has 1 aliphatic rings. The highest BCUT2D eigenvalue weighted by Gasteiger charge is 2.54. The number of fused-ring (bicyclic) bond motifs is 1. The third-order valence-electron chi connectivity index (χ3n) is 5.04. The first kappa shape index (κ1) is 22.3. The summed E-state index contributed by atoms with van der Waals surface area (Å²) in [4.78, 5) is 30.2. The van der Waals surface area contributed by atoms with Crippen molar-refractivity contribution in [1.82, 2.24) is 19.5 Å². The number of pyridine rings is 1. The Morgan fingerprint density at radius 2 is 2.09 bits per heavy atom. The zero-order chi connectivity index (χ0) is 23.1. The molecule has 0 radical (unpaired) electrons. The smallest absolute Gasteiger partial charge is 0.387 e. The number of aliphatic hydroxyl groups excluding tert-OH is 1. The molecule has 0 aromatic carbocycles. The van der Waals surface area contributed by atoms with Crippen molar-refractivity contribution in [1.29, 1.82) is 0 Å². The zero-order valence-corrected chi connectivity index (χ0v) is 17.6. The van der Waals surface area contributed by atoms with E-state index in [1.807, 2.05) is 0 Å². The van der Waals surface area contributed by atoms with Gasteiger partial charge >= 0.3 is 7.82 Å². The van der Waals surface area contributed by atoms with Gasteiger partial charge < -0.3 is 35.0 Å². The molecule has 13 heteroatoms. The Hall–Kier alpha value is -2.88. The van der Waals surface area contributed by atoms with Gasteiger partial charge in [-0.05, 0) is 25.0 Å².